The van der Waals surface area contributed by atoms with Gasteiger partial charge in [-0.2, -0.15) is 0 Å². The van der Waals surface area contributed by atoms with E-state index in [4.69, 9.17) is 5.73 Å². The molecule has 4 nitrogen and oxygen atoms in total. The van der Waals surface area contributed by atoms with Crippen LogP contribution in [0.15, 0.2) is 4.99 Å². The van der Waals surface area contributed by atoms with E-state index in [0.717, 1.165) is 38.8 Å². The Bertz CT molecular complexity index is 257. The van der Waals surface area contributed by atoms with Gasteiger partial charge in [0.25, 0.3) is 0 Å². The number of nitrogens with zero attached hydrogens (tertiary/aromatic N) is 2. The van der Waals surface area contributed by atoms with E-state index in [-0.39, 0.29) is 11.9 Å². The molecule has 1 atom stereocenters. The average Bonchev–Trinajstić information content (AvgIpc) is 2.29. The second kappa shape index (κ2) is 6.51. The van der Waals surface area contributed by atoms with Gasteiger partial charge in [0.2, 0.25) is 5.91 Å². The fourth-order valence-corrected chi connectivity index (χ4v) is 2.00. The summed E-state index contributed by atoms with van der Waals surface area (Å²) < 4.78 is 0. The highest BCUT2D eigenvalue weighted by atomic mass is 16.2. The molecule has 0 aromatic carbocycles. The molecule has 1 heterocycles. The number of rotatable bonds is 4. The maximum Gasteiger partial charge on any atom is 0.247 e. The van der Waals surface area contributed by atoms with Crippen LogP contribution in [0.1, 0.15) is 46.0 Å². The zero-order valence-corrected chi connectivity index (χ0v) is 10.4. The predicted octanol–water partition coefficient (Wildman–Crippen LogP) is 1.54. The highest BCUT2D eigenvalue weighted by Gasteiger charge is 2.21. The summed E-state index contributed by atoms with van der Waals surface area (Å²) in [5.41, 5.74) is 5.73. The van der Waals surface area contributed by atoms with Gasteiger partial charge in [-0.25, -0.2) is 0 Å². The summed E-state index contributed by atoms with van der Waals surface area (Å²) in [6, 6.07) is -0.315. The third-order valence-electron chi connectivity index (χ3n) is 2.89. The van der Waals surface area contributed by atoms with E-state index in [0.29, 0.717) is 5.84 Å². The van der Waals surface area contributed by atoms with Crippen molar-refractivity contribution < 1.29 is 4.79 Å². The molecule has 92 valence electrons. The molecule has 0 radical (unpaired) electrons. The van der Waals surface area contributed by atoms with Crippen LogP contribution in [0.2, 0.25) is 0 Å². The smallest absolute Gasteiger partial charge is 0.247 e. The SMILES string of the molecule is CCCC(N)=NC(C)C(=O)N1CCCCC1. The van der Waals surface area contributed by atoms with Gasteiger partial charge in [-0.15, -0.1) is 0 Å². The highest BCUT2D eigenvalue weighted by molar-refractivity contribution is 5.87. The fourth-order valence-electron chi connectivity index (χ4n) is 2.00. The summed E-state index contributed by atoms with van der Waals surface area (Å²) in [7, 11) is 0. The van der Waals surface area contributed by atoms with Gasteiger partial charge in [0, 0.05) is 19.5 Å². The Balaban J connectivity index is 2.48. The molecule has 0 spiro atoms. The number of amidine groups is 1. The zero-order valence-electron chi connectivity index (χ0n) is 10.4. The van der Waals surface area contributed by atoms with Crippen molar-refractivity contribution in [3.8, 4) is 0 Å². The molecule has 0 aromatic rings. The number of piperidine rings is 1. The third kappa shape index (κ3) is 3.83. The van der Waals surface area contributed by atoms with Crippen LogP contribution in [-0.4, -0.2) is 35.8 Å². The molecular formula is C12H23N3O. The topological polar surface area (TPSA) is 58.7 Å². The first-order chi connectivity index (χ1) is 7.65. The van der Waals surface area contributed by atoms with Gasteiger partial charge in [0.1, 0.15) is 6.04 Å². The van der Waals surface area contributed by atoms with Crippen LogP contribution in [0.3, 0.4) is 0 Å². The summed E-state index contributed by atoms with van der Waals surface area (Å²) in [5, 5.41) is 0. The predicted molar refractivity (Wildman–Crippen MR) is 66.4 cm³/mol. The second-order valence-corrected chi connectivity index (χ2v) is 4.43. The van der Waals surface area contributed by atoms with Gasteiger partial charge in [-0.05, 0) is 32.6 Å². The number of hydrogen-bond acceptors (Lipinski definition) is 2. The first kappa shape index (κ1) is 13.0. The first-order valence-corrected chi connectivity index (χ1v) is 6.26. The lowest BCUT2D eigenvalue weighted by atomic mass is 10.1. The summed E-state index contributed by atoms with van der Waals surface area (Å²) in [6.07, 6.45) is 5.22. The minimum Gasteiger partial charge on any atom is -0.387 e. The van der Waals surface area contributed by atoms with Crippen molar-refractivity contribution in [2.45, 2.75) is 52.0 Å². The summed E-state index contributed by atoms with van der Waals surface area (Å²) >= 11 is 0. The average molecular weight is 225 g/mol. The molecule has 1 aliphatic rings. The van der Waals surface area contributed by atoms with Gasteiger partial charge in [0.15, 0.2) is 0 Å². The van der Waals surface area contributed by atoms with Crippen LogP contribution in [0, 0.1) is 0 Å². The Morgan fingerprint density at radius 2 is 2.00 bits per heavy atom. The molecule has 1 unspecified atom stereocenters. The number of nitrogens with two attached hydrogens (primary N) is 1. The zero-order chi connectivity index (χ0) is 12.0. The quantitative estimate of drug-likeness (QED) is 0.583. The largest absolute Gasteiger partial charge is 0.387 e. The molecule has 1 aliphatic heterocycles. The second-order valence-electron chi connectivity index (χ2n) is 4.43. The number of amides is 1. The van der Waals surface area contributed by atoms with E-state index < -0.39 is 0 Å². The van der Waals surface area contributed by atoms with Crippen LogP contribution in [0.5, 0.6) is 0 Å². The van der Waals surface area contributed by atoms with Crippen molar-refractivity contribution in [2.75, 3.05) is 13.1 Å². The minimum absolute atomic E-state index is 0.124. The van der Waals surface area contributed by atoms with Crippen molar-refractivity contribution in [1.29, 1.82) is 0 Å². The van der Waals surface area contributed by atoms with Crippen LogP contribution >= 0.6 is 0 Å². The van der Waals surface area contributed by atoms with Crippen molar-refractivity contribution in [1.82, 2.24) is 4.90 Å². The van der Waals surface area contributed by atoms with Crippen LogP contribution < -0.4 is 5.73 Å². The molecule has 0 aromatic heterocycles. The standard InChI is InChI=1S/C12H23N3O/c1-3-7-11(13)14-10(2)12(16)15-8-5-4-6-9-15/h10H,3-9H2,1-2H3,(H2,13,14). The number of carbonyl (C=O) groups is 1. The summed E-state index contributed by atoms with van der Waals surface area (Å²) in [5.74, 6) is 0.721. The Morgan fingerprint density at radius 3 is 2.56 bits per heavy atom. The molecule has 0 saturated carbocycles. The Labute approximate surface area is 97.9 Å². The maximum atomic E-state index is 12.0. The van der Waals surface area contributed by atoms with Gasteiger partial charge < -0.3 is 10.6 Å². The number of aliphatic imine (C=N–C) groups is 1. The van der Waals surface area contributed by atoms with E-state index in [9.17, 15) is 4.79 Å². The third-order valence-corrected chi connectivity index (χ3v) is 2.89. The fraction of sp³-hybridized carbons (Fsp3) is 0.833. The highest BCUT2D eigenvalue weighted by Crippen LogP contribution is 2.11. The van der Waals surface area contributed by atoms with Crippen molar-refractivity contribution in [2.24, 2.45) is 10.7 Å². The van der Waals surface area contributed by atoms with Gasteiger partial charge in [-0.1, -0.05) is 6.92 Å². The lowest BCUT2D eigenvalue weighted by molar-refractivity contribution is -0.132. The molecule has 1 amide bonds. The summed E-state index contributed by atoms with van der Waals surface area (Å²) in [6.45, 7) is 5.65. The molecule has 0 aliphatic carbocycles. The molecule has 4 heteroatoms. The van der Waals surface area contributed by atoms with E-state index in [2.05, 4.69) is 11.9 Å². The Hall–Kier alpha value is -1.06. The van der Waals surface area contributed by atoms with Crippen LogP contribution in [-0.2, 0) is 4.79 Å². The lowest BCUT2D eigenvalue weighted by Crippen LogP contribution is -2.41. The monoisotopic (exact) mass is 225 g/mol. The van der Waals surface area contributed by atoms with Gasteiger partial charge in [-0.3, -0.25) is 9.79 Å². The lowest BCUT2D eigenvalue weighted by Gasteiger charge is -2.28. The molecular weight excluding hydrogens is 202 g/mol. The minimum atomic E-state index is -0.315. The van der Waals surface area contributed by atoms with Crippen LogP contribution in [0.25, 0.3) is 0 Å². The van der Waals surface area contributed by atoms with Crippen molar-refractivity contribution in [3.05, 3.63) is 0 Å². The Morgan fingerprint density at radius 1 is 1.38 bits per heavy atom. The van der Waals surface area contributed by atoms with Crippen molar-refractivity contribution >= 4 is 11.7 Å². The van der Waals surface area contributed by atoms with Gasteiger partial charge >= 0.3 is 0 Å². The van der Waals surface area contributed by atoms with Crippen LogP contribution in [0.4, 0.5) is 0 Å². The molecule has 1 rings (SSSR count). The Kier molecular flexibility index (Phi) is 5.29. The first-order valence-electron chi connectivity index (χ1n) is 6.26. The summed E-state index contributed by atoms with van der Waals surface area (Å²) in [4.78, 5) is 18.2. The number of likely N-dealkylation sites (tertiary alicyclic amines) is 1. The normalized spacial score (nSPS) is 19.6. The van der Waals surface area contributed by atoms with E-state index >= 15 is 0 Å². The molecule has 2 N–H and O–H groups in total. The molecule has 0 bridgehead atoms. The molecule has 1 saturated heterocycles. The number of carbonyl (C=O) groups excluding carboxylic acids is 1. The molecule has 1 fully saturated rings. The number of hydrogen-bond donors (Lipinski definition) is 1. The van der Waals surface area contributed by atoms with Gasteiger partial charge in [0.05, 0.1) is 5.84 Å². The van der Waals surface area contributed by atoms with Crippen molar-refractivity contribution in [3.63, 3.8) is 0 Å². The molecule has 16 heavy (non-hydrogen) atoms. The van der Waals surface area contributed by atoms with E-state index in [1.807, 2.05) is 11.8 Å². The van der Waals surface area contributed by atoms with E-state index in [1.54, 1.807) is 0 Å². The van der Waals surface area contributed by atoms with E-state index in [1.165, 1.54) is 6.42 Å². The maximum absolute atomic E-state index is 12.0.